The van der Waals surface area contributed by atoms with Gasteiger partial charge in [-0.1, -0.05) is 34.6 Å². The fraction of sp³-hybridized carbons (Fsp3) is 0.516. The minimum absolute atomic E-state index is 0.145. The van der Waals surface area contributed by atoms with E-state index in [1.54, 1.807) is 30.0 Å². The minimum Gasteiger partial charge on any atom is -0.497 e. The van der Waals surface area contributed by atoms with E-state index in [1.165, 1.54) is 31.4 Å². The van der Waals surface area contributed by atoms with E-state index in [1.807, 2.05) is 27.7 Å². The molecule has 0 saturated carbocycles. The summed E-state index contributed by atoms with van der Waals surface area (Å²) in [6.45, 7) is 11.1. The largest absolute Gasteiger partial charge is 0.497 e. The Hall–Kier alpha value is -3.46. The number of nitrogens with two attached hydrogens (primary N) is 1. The lowest BCUT2D eigenvalue weighted by atomic mass is 9.90. The van der Waals surface area contributed by atoms with Gasteiger partial charge < -0.3 is 26.0 Å². The average molecular weight is 557 g/mol. The number of carbonyl (C=O) groups excluding carboxylic acids is 3. The molecule has 3 amide bonds. The molecule has 2 aromatic carbocycles. The van der Waals surface area contributed by atoms with E-state index in [9.17, 15) is 18.8 Å². The summed E-state index contributed by atoms with van der Waals surface area (Å²) in [6.07, 6.45) is 2.60. The third-order valence-electron chi connectivity index (χ3n) is 6.67. The zero-order valence-corrected chi connectivity index (χ0v) is 24.6. The molecule has 9 heteroatoms. The molecule has 0 heterocycles. The van der Waals surface area contributed by atoms with Crippen LogP contribution in [0.25, 0.3) is 0 Å². The molecule has 0 aliphatic heterocycles. The molecule has 4 N–H and O–H groups in total. The summed E-state index contributed by atoms with van der Waals surface area (Å²) in [5.74, 6) is -0.930. The maximum atomic E-state index is 13.4. The summed E-state index contributed by atoms with van der Waals surface area (Å²) in [4.78, 5) is 41.2. The summed E-state index contributed by atoms with van der Waals surface area (Å²) in [6, 6.07) is 9.49. The van der Waals surface area contributed by atoms with Crippen molar-refractivity contribution in [2.24, 2.45) is 17.6 Å². The van der Waals surface area contributed by atoms with Crippen LogP contribution in [-0.2, 0) is 4.79 Å². The van der Waals surface area contributed by atoms with Crippen LogP contribution in [0.5, 0.6) is 5.75 Å². The van der Waals surface area contributed by atoms with Gasteiger partial charge in [0.2, 0.25) is 5.91 Å². The summed E-state index contributed by atoms with van der Waals surface area (Å²) in [5, 5.41) is 5.82. The SMILES string of the molecule is CCCN(CCC)C(=O)c1cc(OC)cc(C(=O)N[C@@H](CC(C)C)[C@@H](N)C[C@@H](C)C(=O)Nc2ccc(F)cc2)c1. The first-order chi connectivity index (χ1) is 19.0. The number of carbonyl (C=O) groups is 3. The Morgan fingerprint density at radius 3 is 2.10 bits per heavy atom. The van der Waals surface area contributed by atoms with Crippen LogP contribution < -0.4 is 21.1 Å². The highest BCUT2D eigenvalue weighted by atomic mass is 19.1. The number of hydrogen-bond acceptors (Lipinski definition) is 5. The number of rotatable bonds is 15. The molecule has 0 aliphatic rings. The van der Waals surface area contributed by atoms with E-state index >= 15 is 0 Å². The number of anilines is 1. The van der Waals surface area contributed by atoms with Gasteiger partial charge in [0.1, 0.15) is 11.6 Å². The van der Waals surface area contributed by atoms with Gasteiger partial charge in [-0.2, -0.15) is 0 Å². The van der Waals surface area contributed by atoms with Crippen molar-refractivity contribution in [3.63, 3.8) is 0 Å². The predicted molar refractivity (Wildman–Crippen MR) is 157 cm³/mol. The van der Waals surface area contributed by atoms with Crippen LogP contribution in [0.3, 0.4) is 0 Å². The molecule has 0 bridgehead atoms. The fourth-order valence-electron chi connectivity index (χ4n) is 4.59. The van der Waals surface area contributed by atoms with Gasteiger partial charge in [0.15, 0.2) is 0 Å². The highest BCUT2D eigenvalue weighted by molar-refractivity contribution is 6.00. The fourth-order valence-corrected chi connectivity index (χ4v) is 4.59. The van der Waals surface area contributed by atoms with E-state index in [4.69, 9.17) is 10.5 Å². The van der Waals surface area contributed by atoms with Gasteiger partial charge in [-0.25, -0.2) is 4.39 Å². The van der Waals surface area contributed by atoms with Crippen molar-refractivity contribution in [1.82, 2.24) is 10.2 Å². The highest BCUT2D eigenvalue weighted by Gasteiger charge is 2.27. The Bertz CT molecular complexity index is 1120. The van der Waals surface area contributed by atoms with Crippen LogP contribution in [0.4, 0.5) is 10.1 Å². The number of nitrogens with zero attached hydrogens (tertiary/aromatic N) is 1. The Morgan fingerprint density at radius 1 is 0.950 bits per heavy atom. The number of benzene rings is 2. The van der Waals surface area contributed by atoms with Gasteiger partial charge in [0.05, 0.1) is 7.11 Å². The van der Waals surface area contributed by atoms with E-state index in [-0.39, 0.29) is 29.5 Å². The lowest BCUT2D eigenvalue weighted by Crippen LogP contribution is -2.49. The van der Waals surface area contributed by atoms with Crippen molar-refractivity contribution in [1.29, 1.82) is 0 Å². The summed E-state index contributed by atoms with van der Waals surface area (Å²) in [7, 11) is 1.50. The van der Waals surface area contributed by atoms with Gasteiger partial charge in [-0.15, -0.1) is 0 Å². The van der Waals surface area contributed by atoms with Gasteiger partial charge >= 0.3 is 0 Å². The summed E-state index contributed by atoms with van der Waals surface area (Å²) in [5.41, 5.74) is 7.75. The van der Waals surface area contributed by atoms with Gasteiger partial charge in [0.25, 0.3) is 11.8 Å². The number of amides is 3. The lowest BCUT2D eigenvalue weighted by molar-refractivity contribution is -0.119. The zero-order valence-electron chi connectivity index (χ0n) is 24.6. The van der Waals surface area contributed by atoms with Crippen LogP contribution in [0, 0.1) is 17.7 Å². The first-order valence-electron chi connectivity index (χ1n) is 14.1. The maximum Gasteiger partial charge on any atom is 0.254 e. The molecule has 2 aromatic rings. The predicted octanol–water partition coefficient (Wildman–Crippen LogP) is 5.23. The monoisotopic (exact) mass is 556 g/mol. The second-order valence-corrected chi connectivity index (χ2v) is 10.7. The Morgan fingerprint density at radius 2 is 1.55 bits per heavy atom. The van der Waals surface area contributed by atoms with Crippen molar-refractivity contribution < 1.29 is 23.5 Å². The van der Waals surface area contributed by atoms with E-state index in [0.717, 1.165) is 12.8 Å². The van der Waals surface area contributed by atoms with Crippen LogP contribution in [0.15, 0.2) is 42.5 Å². The first-order valence-corrected chi connectivity index (χ1v) is 14.1. The van der Waals surface area contributed by atoms with Crippen LogP contribution in [0.1, 0.15) is 81.0 Å². The number of hydrogen-bond donors (Lipinski definition) is 3. The molecular weight excluding hydrogens is 511 g/mol. The first kappa shape index (κ1) is 32.8. The van der Waals surface area contributed by atoms with Gasteiger partial charge in [-0.3, -0.25) is 14.4 Å². The lowest BCUT2D eigenvalue weighted by Gasteiger charge is -2.28. The molecule has 2 rings (SSSR count). The molecule has 0 unspecified atom stereocenters. The topological polar surface area (TPSA) is 114 Å². The summed E-state index contributed by atoms with van der Waals surface area (Å²) < 4.78 is 18.6. The van der Waals surface area contributed by atoms with Gasteiger partial charge in [-0.05, 0) is 74.1 Å². The number of halogens is 1. The normalized spacial score (nSPS) is 13.3. The van der Waals surface area contributed by atoms with Crippen molar-refractivity contribution in [2.75, 3.05) is 25.5 Å². The number of ether oxygens (including phenoxy) is 1. The zero-order chi connectivity index (χ0) is 29.8. The molecule has 0 fully saturated rings. The van der Waals surface area contributed by atoms with E-state index in [2.05, 4.69) is 10.6 Å². The van der Waals surface area contributed by atoms with Crippen LogP contribution in [-0.4, -0.2) is 54.9 Å². The number of nitrogens with one attached hydrogen (secondary N) is 2. The molecule has 8 nitrogen and oxygen atoms in total. The van der Waals surface area contributed by atoms with E-state index in [0.29, 0.717) is 48.5 Å². The molecular formula is C31H45FN4O4. The van der Waals surface area contributed by atoms with Gasteiger partial charge in [0, 0.05) is 47.9 Å². The molecule has 0 aromatic heterocycles. The van der Waals surface area contributed by atoms with Crippen molar-refractivity contribution >= 4 is 23.4 Å². The third kappa shape index (κ3) is 9.93. The van der Waals surface area contributed by atoms with Crippen molar-refractivity contribution in [2.45, 2.75) is 72.4 Å². The quantitative estimate of drug-likeness (QED) is 0.278. The molecule has 3 atom stereocenters. The molecule has 0 saturated heterocycles. The maximum absolute atomic E-state index is 13.4. The molecule has 0 aliphatic carbocycles. The second kappa shape index (κ2) is 16.0. The Kier molecular flexibility index (Phi) is 13.1. The molecule has 0 spiro atoms. The summed E-state index contributed by atoms with van der Waals surface area (Å²) >= 11 is 0. The minimum atomic E-state index is -0.503. The van der Waals surface area contributed by atoms with E-state index < -0.39 is 18.0 Å². The molecule has 40 heavy (non-hydrogen) atoms. The highest BCUT2D eigenvalue weighted by Crippen LogP contribution is 2.21. The molecule has 220 valence electrons. The Balaban J connectivity index is 2.19. The molecule has 0 radical (unpaired) electrons. The van der Waals surface area contributed by atoms with Crippen molar-refractivity contribution in [3.05, 3.63) is 59.4 Å². The third-order valence-corrected chi connectivity index (χ3v) is 6.67. The smallest absolute Gasteiger partial charge is 0.254 e. The van der Waals surface area contributed by atoms with Crippen LogP contribution in [0.2, 0.25) is 0 Å². The Labute approximate surface area is 237 Å². The number of methoxy groups -OCH3 is 1. The average Bonchev–Trinajstić information content (AvgIpc) is 2.92. The second-order valence-electron chi connectivity index (χ2n) is 10.7. The van der Waals surface area contributed by atoms with Crippen molar-refractivity contribution in [3.8, 4) is 5.75 Å². The standard InChI is InChI=1S/C31H45FN4O4/c1-7-13-36(14-8-2)31(39)23-17-22(18-26(19-23)40-6)30(38)35-28(15-20(3)4)27(33)16-21(5)29(37)34-25-11-9-24(32)10-12-25/h9-12,17-21,27-28H,7-8,13-16,33H2,1-6H3,(H,34,37)(H,35,38)/t21-,27+,28+/m1/s1. The van der Waals surface area contributed by atoms with Crippen LogP contribution >= 0.6 is 0 Å².